The molecule has 1 atom stereocenters. The molecule has 1 heterocycles. The molecule has 0 saturated heterocycles. The van der Waals surface area contributed by atoms with E-state index in [-0.39, 0.29) is 11.0 Å². The normalized spacial score (nSPS) is 25.2. The molecule has 1 rings (SSSR count). The second kappa shape index (κ2) is 4.76. The average molecular weight is 243 g/mol. The lowest BCUT2D eigenvalue weighted by Gasteiger charge is -2.37. The third-order valence-corrected chi connectivity index (χ3v) is 4.94. The van der Waals surface area contributed by atoms with E-state index >= 15 is 0 Å². The fourth-order valence-electron chi connectivity index (χ4n) is 1.82. The number of hydrogen-bond acceptors (Lipinski definition) is 2. The van der Waals surface area contributed by atoms with Crippen LogP contribution in [-0.2, 0) is 4.52 Å². The Labute approximate surface area is 102 Å². The highest BCUT2D eigenvalue weighted by molar-refractivity contribution is 7.49. The average Bonchev–Trinajstić information content (AvgIpc) is 2.23. The number of rotatable bonds is 0. The molecular weight excluding hydrogens is 217 g/mol. The van der Waals surface area contributed by atoms with Gasteiger partial charge in [-0.2, -0.15) is 0 Å². The molecular formula is C13H26NOP. The van der Waals surface area contributed by atoms with Gasteiger partial charge in [0.1, 0.15) is 8.30 Å². The summed E-state index contributed by atoms with van der Waals surface area (Å²) < 4.78 is 8.46. The van der Waals surface area contributed by atoms with Gasteiger partial charge >= 0.3 is 0 Å². The predicted octanol–water partition coefficient (Wildman–Crippen LogP) is 4.03. The zero-order valence-electron chi connectivity index (χ0n) is 11.8. The molecule has 2 nitrogen and oxygen atoms in total. The summed E-state index contributed by atoms with van der Waals surface area (Å²) in [6.07, 6.45) is 2.36. The molecule has 0 fully saturated rings. The van der Waals surface area contributed by atoms with Crippen molar-refractivity contribution in [2.45, 2.75) is 47.1 Å². The Bertz CT molecular complexity index is 273. The van der Waals surface area contributed by atoms with Crippen LogP contribution in [-0.4, -0.2) is 30.0 Å². The molecule has 0 radical (unpaired) electrons. The van der Waals surface area contributed by atoms with Gasteiger partial charge in [0, 0.05) is 12.1 Å². The molecule has 0 spiro atoms. The van der Waals surface area contributed by atoms with Crippen molar-refractivity contribution >= 4 is 8.30 Å². The van der Waals surface area contributed by atoms with Gasteiger partial charge in [-0.3, -0.25) is 4.67 Å². The number of nitrogens with zero attached hydrogens (tertiary/aromatic N) is 1. The van der Waals surface area contributed by atoms with Crippen molar-refractivity contribution in [2.24, 2.45) is 5.41 Å². The van der Waals surface area contributed by atoms with E-state index in [0.29, 0.717) is 0 Å². The maximum atomic E-state index is 6.00. The lowest BCUT2D eigenvalue weighted by Crippen LogP contribution is -2.37. The van der Waals surface area contributed by atoms with E-state index in [1.165, 1.54) is 5.57 Å². The highest BCUT2D eigenvalue weighted by atomic mass is 31.2. The van der Waals surface area contributed by atoms with Crippen molar-refractivity contribution < 1.29 is 4.52 Å². The monoisotopic (exact) mass is 243 g/mol. The van der Waals surface area contributed by atoms with Crippen LogP contribution in [0.5, 0.6) is 0 Å². The SMILES string of the molecule is CP1OCC(C(C)(C)C)=CCN1C(C)(C)C. The summed E-state index contributed by atoms with van der Waals surface area (Å²) in [5, 5.41) is 0. The molecule has 0 amide bonds. The third kappa shape index (κ3) is 3.55. The molecule has 1 unspecified atom stereocenters. The summed E-state index contributed by atoms with van der Waals surface area (Å²) in [5.41, 5.74) is 1.84. The lowest BCUT2D eigenvalue weighted by molar-refractivity contribution is 0.250. The molecule has 0 aromatic carbocycles. The lowest BCUT2D eigenvalue weighted by atomic mass is 9.86. The molecule has 1 aliphatic rings. The second-order valence-corrected chi connectivity index (χ2v) is 8.14. The predicted molar refractivity (Wildman–Crippen MR) is 72.8 cm³/mol. The van der Waals surface area contributed by atoms with Crippen molar-refractivity contribution in [2.75, 3.05) is 19.8 Å². The molecule has 0 aliphatic carbocycles. The first-order valence-electron chi connectivity index (χ1n) is 5.96. The summed E-state index contributed by atoms with van der Waals surface area (Å²) >= 11 is 0. The smallest absolute Gasteiger partial charge is 0.102 e. The third-order valence-electron chi connectivity index (χ3n) is 3.00. The molecule has 0 N–H and O–H groups in total. The molecule has 1 aliphatic heterocycles. The van der Waals surface area contributed by atoms with E-state index in [4.69, 9.17) is 4.52 Å². The van der Waals surface area contributed by atoms with Crippen LogP contribution in [0.2, 0.25) is 0 Å². The van der Waals surface area contributed by atoms with E-state index in [9.17, 15) is 0 Å². The minimum atomic E-state index is -0.462. The molecule has 0 saturated carbocycles. The van der Waals surface area contributed by atoms with Gasteiger partial charge in [-0.15, -0.1) is 0 Å². The van der Waals surface area contributed by atoms with Gasteiger partial charge in [0.05, 0.1) is 6.61 Å². The Kier molecular flexibility index (Phi) is 4.21. The molecule has 0 aromatic rings. The topological polar surface area (TPSA) is 12.5 Å². The largest absolute Gasteiger partial charge is 0.339 e. The van der Waals surface area contributed by atoms with E-state index < -0.39 is 8.30 Å². The van der Waals surface area contributed by atoms with Crippen LogP contribution in [0.15, 0.2) is 11.6 Å². The first-order chi connectivity index (χ1) is 7.12. The first kappa shape index (κ1) is 14.2. The highest BCUT2D eigenvalue weighted by Gasteiger charge is 2.30. The standard InChI is InChI=1S/C13H26NOP/c1-12(2,3)11-8-9-14(13(4,5)6)16(7)15-10-11/h8H,9-10H2,1-7H3. The first-order valence-corrected chi connectivity index (χ1v) is 7.62. The van der Waals surface area contributed by atoms with Crippen LogP contribution in [0.25, 0.3) is 0 Å². The van der Waals surface area contributed by atoms with Gasteiger partial charge < -0.3 is 4.52 Å². The van der Waals surface area contributed by atoms with Gasteiger partial charge in [0.25, 0.3) is 0 Å². The van der Waals surface area contributed by atoms with Crippen LogP contribution in [0.1, 0.15) is 41.5 Å². The molecule has 0 aromatic heterocycles. The Balaban J connectivity index is 2.85. The Morgan fingerprint density at radius 2 is 1.75 bits per heavy atom. The van der Waals surface area contributed by atoms with Gasteiger partial charge in [0.15, 0.2) is 0 Å². The van der Waals surface area contributed by atoms with E-state index in [0.717, 1.165) is 13.2 Å². The van der Waals surface area contributed by atoms with E-state index in [2.05, 4.69) is 59.0 Å². The summed E-state index contributed by atoms with van der Waals surface area (Å²) in [6, 6.07) is 0. The molecule has 0 bridgehead atoms. The van der Waals surface area contributed by atoms with Gasteiger partial charge in [-0.25, -0.2) is 0 Å². The zero-order chi connectivity index (χ0) is 12.6. The Morgan fingerprint density at radius 1 is 1.19 bits per heavy atom. The van der Waals surface area contributed by atoms with Crippen LogP contribution in [0.4, 0.5) is 0 Å². The van der Waals surface area contributed by atoms with Crippen LogP contribution < -0.4 is 0 Å². The van der Waals surface area contributed by atoms with E-state index in [1.807, 2.05) is 0 Å². The highest BCUT2D eigenvalue weighted by Crippen LogP contribution is 2.45. The van der Waals surface area contributed by atoms with Crippen molar-refractivity contribution in [3.8, 4) is 0 Å². The zero-order valence-corrected chi connectivity index (χ0v) is 12.7. The fraction of sp³-hybridized carbons (Fsp3) is 0.846. The summed E-state index contributed by atoms with van der Waals surface area (Å²) in [7, 11) is -0.462. The summed E-state index contributed by atoms with van der Waals surface area (Å²) in [4.78, 5) is 0. The van der Waals surface area contributed by atoms with Crippen LogP contribution in [0, 0.1) is 5.41 Å². The van der Waals surface area contributed by atoms with Gasteiger partial charge in [0.2, 0.25) is 0 Å². The van der Waals surface area contributed by atoms with Crippen molar-refractivity contribution in [3.05, 3.63) is 11.6 Å². The minimum Gasteiger partial charge on any atom is -0.339 e. The van der Waals surface area contributed by atoms with Crippen LogP contribution >= 0.6 is 8.30 Å². The molecule has 3 heteroatoms. The van der Waals surface area contributed by atoms with Crippen molar-refractivity contribution in [1.82, 2.24) is 4.67 Å². The maximum Gasteiger partial charge on any atom is 0.102 e. The molecule has 94 valence electrons. The maximum absolute atomic E-state index is 6.00. The van der Waals surface area contributed by atoms with E-state index in [1.54, 1.807) is 0 Å². The van der Waals surface area contributed by atoms with Gasteiger partial charge in [-0.1, -0.05) is 26.8 Å². The van der Waals surface area contributed by atoms with Crippen molar-refractivity contribution in [3.63, 3.8) is 0 Å². The minimum absolute atomic E-state index is 0.185. The van der Waals surface area contributed by atoms with Crippen LogP contribution in [0.3, 0.4) is 0 Å². The fourth-order valence-corrected chi connectivity index (χ4v) is 3.44. The Morgan fingerprint density at radius 3 is 2.19 bits per heavy atom. The quantitative estimate of drug-likeness (QED) is 0.470. The summed E-state index contributed by atoms with van der Waals surface area (Å²) in [5.74, 6) is 0. The summed E-state index contributed by atoms with van der Waals surface area (Å²) in [6.45, 7) is 17.5. The molecule has 16 heavy (non-hydrogen) atoms. The second-order valence-electron chi connectivity index (χ2n) is 6.47. The Hall–Kier alpha value is 0.0900. The number of hydrogen-bond donors (Lipinski definition) is 0. The van der Waals surface area contributed by atoms with Crippen molar-refractivity contribution in [1.29, 1.82) is 0 Å². The van der Waals surface area contributed by atoms with Gasteiger partial charge in [-0.05, 0) is 38.4 Å².